The summed E-state index contributed by atoms with van der Waals surface area (Å²) in [7, 11) is 0. The first-order chi connectivity index (χ1) is 9.24. The molecular formula is C13H13ClN2O3. The van der Waals surface area contributed by atoms with Crippen LogP contribution in [0.5, 0.6) is 5.75 Å². The summed E-state index contributed by atoms with van der Waals surface area (Å²) < 4.78 is 10.6. The van der Waals surface area contributed by atoms with Crippen molar-refractivity contribution < 1.29 is 14.4 Å². The van der Waals surface area contributed by atoms with Crippen molar-refractivity contribution in [1.29, 1.82) is 0 Å². The van der Waals surface area contributed by atoms with Gasteiger partial charge in [-0.1, -0.05) is 16.8 Å². The molecule has 2 aromatic rings. The summed E-state index contributed by atoms with van der Waals surface area (Å²) in [6.07, 6.45) is 1.99. The third kappa shape index (κ3) is 2.57. The molecule has 1 aromatic carbocycles. The highest BCUT2D eigenvalue weighted by atomic mass is 35.5. The summed E-state index contributed by atoms with van der Waals surface area (Å²) in [5.74, 6) is 1.13. The van der Waals surface area contributed by atoms with E-state index in [9.17, 15) is 5.11 Å². The third-order valence-electron chi connectivity index (χ3n) is 3.16. The number of halogens is 1. The molecule has 0 spiro atoms. The Balaban J connectivity index is 1.87. The van der Waals surface area contributed by atoms with E-state index in [1.54, 1.807) is 12.1 Å². The van der Waals surface area contributed by atoms with Gasteiger partial charge in [0.1, 0.15) is 5.75 Å². The zero-order chi connectivity index (χ0) is 13.2. The average molecular weight is 281 g/mol. The molecule has 0 amide bonds. The van der Waals surface area contributed by atoms with E-state index in [0.717, 1.165) is 19.4 Å². The number of phenols is 1. The molecule has 5 nitrogen and oxygen atoms in total. The van der Waals surface area contributed by atoms with Gasteiger partial charge in [-0.05, 0) is 31.0 Å². The number of ether oxygens (including phenoxy) is 1. The SMILES string of the molecule is Oc1cc(Cl)ccc1-c1nc(C2CCCOC2)no1. The van der Waals surface area contributed by atoms with E-state index in [-0.39, 0.29) is 11.7 Å². The first-order valence-electron chi connectivity index (χ1n) is 6.14. The molecule has 1 aliphatic rings. The fraction of sp³-hybridized carbons (Fsp3) is 0.385. The second-order valence-corrected chi connectivity index (χ2v) is 4.97. The molecule has 1 atom stereocenters. The maximum absolute atomic E-state index is 9.83. The summed E-state index contributed by atoms with van der Waals surface area (Å²) in [5.41, 5.74) is 0.486. The number of aromatic hydroxyl groups is 1. The summed E-state index contributed by atoms with van der Waals surface area (Å²) in [4.78, 5) is 4.33. The summed E-state index contributed by atoms with van der Waals surface area (Å²) in [5, 5.41) is 14.3. The number of rotatable bonds is 2. The van der Waals surface area contributed by atoms with E-state index in [2.05, 4.69) is 10.1 Å². The van der Waals surface area contributed by atoms with Crippen LogP contribution in [-0.4, -0.2) is 28.5 Å². The Morgan fingerprint density at radius 2 is 2.26 bits per heavy atom. The summed E-state index contributed by atoms with van der Waals surface area (Å²) in [6.45, 7) is 1.41. The minimum absolute atomic E-state index is 0.0302. The van der Waals surface area contributed by atoms with Crippen molar-refractivity contribution in [2.45, 2.75) is 18.8 Å². The lowest BCUT2D eigenvalue weighted by Gasteiger charge is -2.18. The molecule has 100 valence electrons. The Kier molecular flexibility index (Phi) is 3.40. The Labute approximate surface area is 115 Å². The van der Waals surface area contributed by atoms with Crippen molar-refractivity contribution in [3.8, 4) is 17.2 Å². The standard InChI is InChI=1S/C13H13ClN2O3/c14-9-3-4-10(11(17)6-9)13-15-12(16-19-13)8-2-1-5-18-7-8/h3-4,6,8,17H,1-2,5,7H2. The molecule has 0 bridgehead atoms. The minimum atomic E-state index is 0.0302. The van der Waals surface area contributed by atoms with E-state index in [4.69, 9.17) is 20.9 Å². The van der Waals surface area contributed by atoms with Crippen LogP contribution in [0.3, 0.4) is 0 Å². The number of phenolic OH excluding ortho intramolecular Hbond substituents is 1. The normalized spacial score (nSPS) is 19.5. The number of benzene rings is 1. The van der Waals surface area contributed by atoms with Gasteiger partial charge >= 0.3 is 0 Å². The fourth-order valence-electron chi connectivity index (χ4n) is 2.14. The van der Waals surface area contributed by atoms with Crippen LogP contribution in [0.4, 0.5) is 0 Å². The Morgan fingerprint density at radius 1 is 1.37 bits per heavy atom. The van der Waals surface area contributed by atoms with Gasteiger partial charge in [-0.15, -0.1) is 0 Å². The molecule has 0 aliphatic carbocycles. The van der Waals surface area contributed by atoms with Crippen LogP contribution in [0.2, 0.25) is 5.02 Å². The van der Waals surface area contributed by atoms with Gasteiger partial charge in [0.25, 0.3) is 5.89 Å². The lowest BCUT2D eigenvalue weighted by Crippen LogP contribution is -2.16. The minimum Gasteiger partial charge on any atom is -0.507 e. The van der Waals surface area contributed by atoms with Crippen LogP contribution in [0.15, 0.2) is 22.7 Å². The molecule has 0 saturated carbocycles. The van der Waals surface area contributed by atoms with Gasteiger partial charge in [0, 0.05) is 17.5 Å². The van der Waals surface area contributed by atoms with Gasteiger partial charge in [0.15, 0.2) is 5.82 Å². The molecule has 6 heteroatoms. The Bertz CT molecular complexity index is 579. The highest BCUT2D eigenvalue weighted by molar-refractivity contribution is 6.30. The van der Waals surface area contributed by atoms with Crippen molar-refractivity contribution in [3.05, 3.63) is 29.0 Å². The van der Waals surface area contributed by atoms with Crippen LogP contribution in [0.25, 0.3) is 11.5 Å². The van der Waals surface area contributed by atoms with Crippen molar-refractivity contribution >= 4 is 11.6 Å². The maximum atomic E-state index is 9.83. The molecule has 0 radical (unpaired) electrons. The van der Waals surface area contributed by atoms with Gasteiger partial charge in [0.05, 0.1) is 12.2 Å². The van der Waals surface area contributed by atoms with Crippen molar-refractivity contribution in [2.24, 2.45) is 0 Å². The third-order valence-corrected chi connectivity index (χ3v) is 3.39. The maximum Gasteiger partial charge on any atom is 0.261 e. The molecule has 1 unspecified atom stereocenters. The van der Waals surface area contributed by atoms with Crippen molar-refractivity contribution in [1.82, 2.24) is 10.1 Å². The lowest BCUT2D eigenvalue weighted by molar-refractivity contribution is 0.0773. The molecule has 3 rings (SSSR count). The van der Waals surface area contributed by atoms with Gasteiger partial charge in [0.2, 0.25) is 0 Å². The highest BCUT2D eigenvalue weighted by Gasteiger charge is 2.22. The predicted molar refractivity (Wildman–Crippen MR) is 69.2 cm³/mol. The van der Waals surface area contributed by atoms with E-state index < -0.39 is 0 Å². The van der Waals surface area contributed by atoms with Crippen LogP contribution in [0, 0.1) is 0 Å². The quantitative estimate of drug-likeness (QED) is 0.916. The van der Waals surface area contributed by atoms with Gasteiger partial charge < -0.3 is 14.4 Å². The van der Waals surface area contributed by atoms with Crippen molar-refractivity contribution in [3.63, 3.8) is 0 Å². The Morgan fingerprint density at radius 3 is 3.00 bits per heavy atom. The van der Waals surface area contributed by atoms with E-state index in [1.165, 1.54) is 6.07 Å². The van der Waals surface area contributed by atoms with Crippen LogP contribution >= 0.6 is 11.6 Å². The molecular weight excluding hydrogens is 268 g/mol. The number of aromatic nitrogens is 2. The van der Waals surface area contributed by atoms with Gasteiger partial charge in [-0.2, -0.15) is 4.98 Å². The van der Waals surface area contributed by atoms with E-state index in [1.807, 2.05) is 0 Å². The highest BCUT2D eigenvalue weighted by Crippen LogP contribution is 2.32. The average Bonchev–Trinajstić information content (AvgIpc) is 2.89. The van der Waals surface area contributed by atoms with E-state index >= 15 is 0 Å². The van der Waals surface area contributed by atoms with Crippen LogP contribution in [-0.2, 0) is 4.74 Å². The van der Waals surface area contributed by atoms with Crippen LogP contribution in [0.1, 0.15) is 24.6 Å². The molecule has 19 heavy (non-hydrogen) atoms. The number of hydrogen-bond donors (Lipinski definition) is 1. The predicted octanol–water partition coefficient (Wildman–Crippen LogP) is 2.99. The fourth-order valence-corrected chi connectivity index (χ4v) is 2.31. The zero-order valence-corrected chi connectivity index (χ0v) is 10.9. The smallest absolute Gasteiger partial charge is 0.261 e. The monoisotopic (exact) mass is 280 g/mol. The van der Waals surface area contributed by atoms with Gasteiger partial charge in [-0.25, -0.2) is 0 Å². The first-order valence-corrected chi connectivity index (χ1v) is 6.52. The van der Waals surface area contributed by atoms with E-state index in [0.29, 0.717) is 28.9 Å². The second-order valence-electron chi connectivity index (χ2n) is 4.53. The molecule has 1 N–H and O–H groups in total. The second kappa shape index (κ2) is 5.19. The molecule has 1 aliphatic heterocycles. The molecule has 2 heterocycles. The lowest BCUT2D eigenvalue weighted by atomic mass is 10.0. The Hall–Kier alpha value is -1.59. The van der Waals surface area contributed by atoms with Gasteiger partial charge in [-0.3, -0.25) is 0 Å². The summed E-state index contributed by atoms with van der Waals surface area (Å²) in [6, 6.07) is 4.78. The van der Waals surface area contributed by atoms with Crippen LogP contribution < -0.4 is 0 Å². The topological polar surface area (TPSA) is 68.4 Å². The largest absolute Gasteiger partial charge is 0.507 e. The summed E-state index contributed by atoms with van der Waals surface area (Å²) >= 11 is 5.79. The number of nitrogens with zero attached hydrogens (tertiary/aromatic N) is 2. The first kappa shape index (κ1) is 12.4. The zero-order valence-electron chi connectivity index (χ0n) is 10.2. The molecule has 1 aromatic heterocycles. The van der Waals surface area contributed by atoms with Crippen molar-refractivity contribution in [2.75, 3.05) is 13.2 Å². The molecule has 1 saturated heterocycles. The number of hydrogen-bond acceptors (Lipinski definition) is 5. The molecule has 1 fully saturated rings.